The van der Waals surface area contributed by atoms with Gasteiger partial charge in [0.1, 0.15) is 11.9 Å². The first kappa shape index (κ1) is 22.1. The zero-order chi connectivity index (χ0) is 19.2. The third-order valence-electron chi connectivity index (χ3n) is 4.08. The van der Waals surface area contributed by atoms with Crippen LogP contribution in [-0.4, -0.2) is 24.7 Å². The number of benzene rings is 2. The molecule has 2 aromatic carbocycles. The number of halogens is 2. The summed E-state index contributed by atoms with van der Waals surface area (Å²) in [7, 11) is 1.60. The number of aliphatic imine (C=N–C) groups is 1. The Labute approximate surface area is 183 Å². The van der Waals surface area contributed by atoms with Gasteiger partial charge in [0.2, 0.25) is 0 Å². The number of aliphatic hydroxyl groups is 1. The summed E-state index contributed by atoms with van der Waals surface area (Å²) < 4.78 is 15.0. The molecule has 5 nitrogen and oxygen atoms in total. The molecule has 0 aliphatic heterocycles. The topological polar surface area (TPSA) is 80.4 Å². The Hall–Kier alpha value is -2.22. The van der Waals surface area contributed by atoms with E-state index >= 15 is 0 Å². The Kier molecular flexibility index (Phi) is 8.17. The lowest BCUT2D eigenvalue weighted by Gasteiger charge is -2.15. The van der Waals surface area contributed by atoms with Gasteiger partial charge < -0.3 is 15.7 Å². The molecule has 0 fully saturated rings. The maximum Gasteiger partial charge on any atom is 0.191 e. The molecule has 3 aromatic rings. The summed E-state index contributed by atoms with van der Waals surface area (Å²) in [5, 5.41) is 26.5. The van der Waals surface area contributed by atoms with Gasteiger partial charge in [-0.3, -0.25) is 4.99 Å². The van der Waals surface area contributed by atoms with Crippen LogP contribution in [0.1, 0.15) is 22.1 Å². The maximum atomic E-state index is 13.8. The van der Waals surface area contributed by atoms with Gasteiger partial charge in [0.05, 0.1) is 11.6 Å². The van der Waals surface area contributed by atoms with Crippen LogP contribution in [0, 0.1) is 17.1 Å². The minimum atomic E-state index is -0.681. The van der Waals surface area contributed by atoms with Crippen LogP contribution >= 0.6 is 35.3 Å². The standard InChI is InChI=1S/C20H19FN4OS.HI/c1-23-20(24-11-15-8-13(10-22)6-7-16(15)21)25-12-17(26)19-9-14-4-2-3-5-18(14)27-19;/h2-9,17,26H,11-12H2,1H3,(H2,23,24,25);1H. The third kappa shape index (κ3) is 5.41. The molecule has 1 atom stereocenters. The second-order valence-electron chi connectivity index (χ2n) is 5.93. The Morgan fingerprint density at radius 3 is 2.75 bits per heavy atom. The molecule has 28 heavy (non-hydrogen) atoms. The smallest absolute Gasteiger partial charge is 0.191 e. The van der Waals surface area contributed by atoms with E-state index in [0.717, 1.165) is 15.0 Å². The van der Waals surface area contributed by atoms with E-state index in [4.69, 9.17) is 5.26 Å². The average molecular weight is 510 g/mol. The Morgan fingerprint density at radius 1 is 1.25 bits per heavy atom. The van der Waals surface area contributed by atoms with Crippen LogP contribution in [0.2, 0.25) is 0 Å². The molecule has 1 heterocycles. The van der Waals surface area contributed by atoms with Gasteiger partial charge in [0, 0.05) is 35.3 Å². The molecule has 1 unspecified atom stereocenters. The van der Waals surface area contributed by atoms with Gasteiger partial charge in [-0.05, 0) is 35.7 Å². The van der Waals surface area contributed by atoms with E-state index in [9.17, 15) is 9.50 Å². The quantitative estimate of drug-likeness (QED) is 0.276. The monoisotopic (exact) mass is 510 g/mol. The Morgan fingerprint density at radius 2 is 2.04 bits per heavy atom. The normalized spacial score (nSPS) is 12.1. The number of nitrogens with one attached hydrogen (secondary N) is 2. The van der Waals surface area contributed by atoms with E-state index in [1.54, 1.807) is 18.4 Å². The molecular weight excluding hydrogens is 490 g/mol. The highest BCUT2D eigenvalue weighted by Gasteiger charge is 2.12. The second-order valence-corrected chi connectivity index (χ2v) is 7.04. The minimum Gasteiger partial charge on any atom is -0.386 e. The summed E-state index contributed by atoms with van der Waals surface area (Å²) in [4.78, 5) is 4.95. The summed E-state index contributed by atoms with van der Waals surface area (Å²) in [6.07, 6.45) is -0.681. The lowest BCUT2D eigenvalue weighted by molar-refractivity contribution is 0.184. The van der Waals surface area contributed by atoms with Gasteiger partial charge in [-0.1, -0.05) is 18.2 Å². The number of guanidine groups is 1. The van der Waals surface area contributed by atoms with Crippen molar-refractivity contribution >= 4 is 51.4 Å². The molecule has 3 N–H and O–H groups in total. The molecule has 0 saturated heterocycles. The largest absolute Gasteiger partial charge is 0.386 e. The number of hydrogen-bond acceptors (Lipinski definition) is 4. The molecule has 3 rings (SSSR count). The van der Waals surface area contributed by atoms with Crippen molar-refractivity contribution in [2.45, 2.75) is 12.6 Å². The van der Waals surface area contributed by atoms with E-state index in [1.807, 2.05) is 36.4 Å². The fourth-order valence-electron chi connectivity index (χ4n) is 2.64. The van der Waals surface area contributed by atoms with Crippen molar-refractivity contribution in [1.82, 2.24) is 10.6 Å². The molecule has 0 amide bonds. The van der Waals surface area contributed by atoms with Crippen LogP contribution in [0.5, 0.6) is 0 Å². The molecular formula is C20H20FIN4OS. The minimum absolute atomic E-state index is 0. The van der Waals surface area contributed by atoms with Gasteiger partial charge in [-0.2, -0.15) is 5.26 Å². The van der Waals surface area contributed by atoms with E-state index < -0.39 is 6.10 Å². The molecule has 146 valence electrons. The molecule has 0 saturated carbocycles. The van der Waals surface area contributed by atoms with E-state index in [-0.39, 0.29) is 42.9 Å². The van der Waals surface area contributed by atoms with Gasteiger partial charge in [0.15, 0.2) is 5.96 Å². The number of fused-ring (bicyclic) bond motifs is 1. The highest BCUT2D eigenvalue weighted by atomic mass is 127. The fourth-order valence-corrected chi connectivity index (χ4v) is 3.69. The number of rotatable bonds is 5. The first-order valence-corrected chi connectivity index (χ1v) is 9.22. The first-order chi connectivity index (χ1) is 13.1. The number of nitrogens with zero attached hydrogens (tertiary/aromatic N) is 2. The van der Waals surface area contributed by atoms with Crippen LogP contribution in [0.15, 0.2) is 53.5 Å². The Balaban J connectivity index is 0.00000280. The van der Waals surface area contributed by atoms with Crippen LogP contribution in [0.25, 0.3) is 10.1 Å². The van der Waals surface area contributed by atoms with Crippen molar-refractivity contribution in [2.24, 2.45) is 4.99 Å². The van der Waals surface area contributed by atoms with E-state index in [1.165, 1.54) is 18.2 Å². The Bertz CT molecular complexity index is 982. The summed E-state index contributed by atoms with van der Waals surface area (Å²) in [5.41, 5.74) is 0.776. The lowest BCUT2D eigenvalue weighted by Crippen LogP contribution is -2.39. The average Bonchev–Trinajstić information content (AvgIpc) is 3.13. The van der Waals surface area contributed by atoms with Gasteiger partial charge in [0.25, 0.3) is 0 Å². The van der Waals surface area contributed by atoms with Crippen LogP contribution < -0.4 is 10.6 Å². The number of aliphatic hydroxyl groups excluding tert-OH is 1. The molecule has 0 bridgehead atoms. The van der Waals surface area contributed by atoms with Crippen LogP contribution in [0.3, 0.4) is 0 Å². The van der Waals surface area contributed by atoms with Gasteiger partial charge in [-0.15, -0.1) is 35.3 Å². The zero-order valence-corrected chi connectivity index (χ0v) is 18.3. The van der Waals surface area contributed by atoms with Crippen molar-refractivity contribution in [2.75, 3.05) is 13.6 Å². The van der Waals surface area contributed by atoms with Crippen LogP contribution in [0.4, 0.5) is 4.39 Å². The zero-order valence-electron chi connectivity index (χ0n) is 15.1. The molecule has 0 aliphatic rings. The van der Waals surface area contributed by atoms with Crippen molar-refractivity contribution in [3.63, 3.8) is 0 Å². The highest BCUT2D eigenvalue weighted by Crippen LogP contribution is 2.29. The van der Waals surface area contributed by atoms with Crippen molar-refractivity contribution < 1.29 is 9.50 Å². The van der Waals surface area contributed by atoms with E-state index in [0.29, 0.717) is 17.1 Å². The van der Waals surface area contributed by atoms with Gasteiger partial charge in [-0.25, -0.2) is 4.39 Å². The third-order valence-corrected chi connectivity index (χ3v) is 5.30. The van der Waals surface area contributed by atoms with Crippen molar-refractivity contribution in [3.8, 4) is 6.07 Å². The number of hydrogen-bond donors (Lipinski definition) is 3. The molecule has 1 aromatic heterocycles. The number of nitriles is 1. The second kappa shape index (κ2) is 10.4. The lowest BCUT2D eigenvalue weighted by atomic mass is 10.1. The molecule has 0 aliphatic carbocycles. The SMILES string of the molecule is CN=C(NCc1cc(C#N)ccc1F)NCC(O)c1cc2ccccc2s1.I. The highest BCUT2D eigenvalue weighted by molar-refractivity contribution is 14.0. The molecule has 0 radical (unpaired) electrons. The maximum absolute atomic E-state index is 13.8. The summed E-state index contributed by atoms with van der Waals surface area (Å²) in [5.74, 6) is 0.0548. The number of thiophene rings is 1. The summed E-state index contributed by atoms with van der Waals surface area (Å²) >= 11 is 1.55. The molecule has 8 heteroatoms. The molecule has 0 spiro atoms. The predicted octanol–water partition coefficient (Wildman–Crippen LogP) is 3.93. The van der Waals surface area contributed by atoms with Gasteiger partial charge >= 0.3 is 0 Å². The van der Waals surface area contributed by atoms with Crippen LogP contribution in [-0.2, 0) is 6.54 Å². The first-order valence-electron chi connectivity index (χ1n) is 8.40. The van der Waals surface area contributed by atoms with Crippen molar-refractivity contribution in [1.29, 1.82) is 5.26 Å². The predicted molar refractivity (Wildman–Crippen MR) is 122 cm³/mol. The summed E-state index contributed by atoms with van der Waals surface area (Å²) in [6, 6.07) is 16.2. The van der Waals surface area contributed by atoms with Crippen molar-refractivity contribution in [3.05, 3.63) is 70.4 Å². The van der Waals surface area contributed by atoms with E-state index in [2.05, 4.69) is 15.6 Å². The fraction of sp³-hybridized carbons (Fsp3) is 0.200. The summed E-state index contributed by atoms with van der Waals surface area (Å²) in [6.45, 7) is 0.452.